The molecule has 1 amide bonds. The molecule has 1 unspecified atom stereocenters. The molecule has 4 rings (SSSR count). The summed E-state index contributed by atoms with van der Waals surface area (Å²) in [6, 6.07) is 5.55. The number of fused-ring (bicyclic) bond motifs is 2. The van der Waals surface area contributed by atoms with E-state index in [0.717, 1.165) is 36.4 Å². The Labute approximate surface area is 143 Å². The van der Waals surface area contributed by atoms with Gasteiger partial charge in [0, 0.05) is 17.7 Å². The second-order valence-corrected chi connectivity index (χ2v) is 7.48. The first-order valence-corrected chi connectivity index (χ1v) is 9.26. The van der Waals surface area contributed by atoms with Crippen molar-refractivity contribution in [2.75, 3.05) is 25.2 Å². The lowest BCUT2D eigenvalue weighted by molar-refractivity contribution is -0.924. The molecule has 1 aliphatic carbocycles. The van der Waals surface area contributed by atoms with E-state index in [9.17, 15) is 4.79 Å². The minimum absolute atomic E-state index is 0.0155. The van der Waals surface area contributed by atoms with E-state index in [1.165, 1.54) is 37.0 Å². The first kappa shape index (κ1) is 15.8. The van der Waals surface area contributed by atoms with Crippen molar-refractivity contribution in [1.82, 2.24) is 0 Å². The van der Waals surface area contributed by atoms with Gasteiger partial charge in [-0.3, -0.25) is 4.79 Å². The number of anilines is 1. The number of hydrogen-bond donors (Lipinski definition) is 2. The highest BCUT2D eigenvalue weighted by molar-refractivity contribution is 5.94. The van der Waals surface area contributed by atoms with Gasteiger partial charge in [-0.15, -0.1) is 0 Å². The molecule has 5 heteroatoms. The molecule has 3 aliphatic rings. The van der Waals surface area contributed by atoms with Gasteiger partial charge in [0.05, 0.1) is 13.1 Å². The molecule has 1 saturated carbocycles. The Kier molecular flexibility index (Phi) is 4.35. The lowest BCUT2D eigenvalue weighted by Gasteiger charge is -2.40. The van der Waals surface area contributed by atoms with Crippen LogP contribution in [0, 0.1) is 11.8 Å². The molecule has 0 radical (unpaired) electrons. The minimum atomic E-state index is -0.0155. The fourth-order valence-electron chi connectivity index (χ4n) is 4.55. The van der Waals surface area contributed by atoms with Crippen molar-refractivity contribution >= 4 is 11.6 Å². The first-order chi connectivity index (χ1) is 11.7. The zero-order chi connectivity index (χ0) is 16.5. The van der Waals surface area contributed by atoms with Crippen molar-refractivity contribution in [2.45, 2.75) is 45.1 Å². The van der Waals surface area contributed by atoms with Gasteiger partial charge in [0.15, 0.2) is 17.5 Å². The summed E-state index contributed by atoms with van der Waals surface area (Å²) in [5, 5.41) is 3.05. The SMILES string of the molecule is C[C@@H](C(=O)Nc1ccc2c(c1)OCO2)[NH+]1CC[C@@H]2CCCC[C@@H]2C1. The van der Waals surface area contributed by atoms with Crippen molar-refractivity contribution in [3.8, 4) is 11.5 Å². The van der Waals surface area contributed by atoms with Crippen LogP contribution in [0.5, 0.6) is 11.5 Å². The summed E-state index contributed by atoms with van der Waals surface area (Å²) >= 11 is 0. The molecular weight excluding hydrogens is 304 g/mol. The topological polar surface area (TPSA) is 52.0 Å². The number of ether oxygens (including phenoxy) is 2. The van der Waals surface area contributed by atoms with Gasteiger partial charge in [-0.1, -0.05) is 12.8 Å². The number of carbonyl (C=O) groups excluding carboxylic acids is 1. The minimum Gasteiger partial charge on any atom is -0.454 e. The third-order valence-electron chi connectivity index (χ3n) is 6.07. The van der Waals surface area contributed by atoms with Crippen molar-refractivity contribution < 1.29 is 19.2 Å². The first-order valence-electron chi connectivity index (χ1n) is 9.26. The lowest BCUT2D eigenvalue weighted by Crippen LogP contribution is -3.18. The van der Waals surface area contributed by atoms with Crippen LogP contribution in [-0.2, 0) is 4.79 Å². The van der Waals surface area contributed by atoms with Crippen molar-refractivity contribution in [3.63, 3.8) is 0 Å². The molecule has 2 N–H and O–H groups in total. The predicted molar refractivity (Wildman–Crippen MR) is 91.4 cm³/mol. The van der Waals surface area contributed by atoms with Crippen molar-refractivity contribution in [2.24, 2.45) is 11.8 Å². The number of piperidine rings is 1. The molecule has 2 fully saturated rings. The Morgan fingerprint density at radius 3 is 2.83 bits per heavy atom. The van der Waals surface area contributed by atoms with Crippen LogP contribution in [0.1, 0.15) is 39.0 Å². The van der Waals surface area contributed by atoms with E-state index in [1.54, 1.807) is 0 Å². The third-order valence-corrected chi connectivity index (χ3v) is 6.07. The van der Waals surface area contributed by atoms with E-state index in [2.05, 4.69) is 12.2 Å². The maximum Gasteiger partial charge on any atom is 0.282 e. The van der Waals surface area contributed by atoms with E-state index < -0.39 is 0 Å². The number of nitrogens with one attached hydrogen (secondary N) is 2. The summed E-state index contributed by atoms with van der Waals surface area (Å²) < 4.78 is 10.7. The molecule has 1 saturated heterocycles. The zero-order valence-electron chi connectivity index (χ0n) is 14.3. The van der Waals surface area contributed by atoms with Gasteiger partial charge in [0.2, 0.25) is 6.79 Å². The number of quaternary nitrogens is 1. The molecular formula is C19H27N2O3+. The maximum atomic E-state index is 12.7. The highest BCUT2D eigenvalue weighted by Gasteiger charge is 2.37. The Hall–Kier alpha value is -1.75. The highest BCUT2D eigenvalue weighted by Crippen LogP contribution is 2.34. The number of amides is 1. The summed E-state index contributed by atoms with van der Waals surface area (Å²) in [7, 11) is 0. The summed E-state index contributed by atoms with van der Waals surface area (Å²) in [5.74, 6) is 3.27. The second-order valence-electron chi connectivity index (χ2n) is 7.48. The summed E-state index contributed by atoms with van der Waals surface area (Å²) in [6.45, 7) is 4.59. The molecule has 2 heterocycles. The normalized spacial score (nSPS) is 29.6. The molecule has 0 bridgehead atoms. The molecule has 1 aromatic carbocycles. The van der Waals surface area contributed by atoms with Gasteiger partial charge >= 0.3 is 0 Å². The van der Waals surface area contributed by atoms with Gasteiger partial charge in [0.1, 0.15) is 0 Å². The molecule has 24 heavy (non-hydrogen) atoms. The Balaban J connectivity index is 1.37. The van der Waals surface area contributed by atoms with Crippen LogP contribution < -0.4 is 19.7 Å². The Bertz CT molecular complexity index is 619. The smallest absolute Gasteiger partial charge is 0.282 e. The molecule has 4 atom stereocenters. The van der Waals surface area contributed by atoms with E-state index in [0.29, 0.717) is 5.75 Å². The fourth-order valence-corrected chi connectivity index (χ4v) is 4.55. The van der Waals surface area contributed by atoms with Crippen molar-refractivity contribution in [1.29, 1.82) is 0 Å². The van der Waals surface area contributed by atoms with E-state index in [1.807, 2.05) is 18.2 Å². The number of likely N-dealkylation sites (tertiary alicyclic amines) is 1. The molecule has 0 aromatic heterocycles. The molecule has 5 nitrogen and oxygen atoms in total. The molecule has 1 aromatic rings. The number of carbonyl (C=O) groups is 1. The van der Waals surface area contributed by atoms with Gasteiger partial charge in [-0.25, -0.2) is 0 Å². The van der Waals surface area contributed by atoms with Gasteiger partial charge in [0.25, 0.3) is 5.91 Å². The van der Waals surface area contributed by atoms with Crippen LogP contribution in [-0.4, -0.2) is 31.8 Å². The average molecular weight is 331 g/mol. The number of hydrogen-bond acceptors (Lipinski definition) is 3. The largest absolute Gasteiger partial charge is 0.454 e. The predicted octanol–water partition coefficient (Wildman–Crippen LogP) is 1.84. The maximum absolute atomic E-state index is 12.7. The van der Waals surface area contributed by atoms with Crippen LogP contribution >= 0.6 is 0 Å². The third kappa shape index (κ3) is 3.09. The lowest BCUT2D eigenvalue weighted by atomic mass is 9.75. The highest BCUT2D eigenvalue weighted by atomic mass is 16.7. The van der Waals surface area contributed by atoms with Crippen molar-refractivity contribution in [3.05, 3.63) is 18.2 Å². The number of benzene rings is 1. The average Bonchev–Trinajstić information content (AvgIpc) is 3.08. The zero-order valence-corrected chi connectivity index (χ0v) is 14.3. The van der Waals surface area contributed by atoms with E-state index in [-0.39, 0.29) is 18.7 Å². The molecule has 130 valence electrons. The van der Waals surface area contributed by atoms with Gasteiger partial charge in [-0.2, -0.15) is 0 Å². The van der Waals surface area contributed by atoms with Crippen LogP contribution in [0.2, 0.25) is 0 Å². The fraction of sp³-hybridized carbons (Fsp3) is 0.632. The number of rotatable bonds is 3. The Morgan fingerprint density at radius 2 is 1.96 bits per heavy atom. The second kappa shape index (κ2) is 6.63. The van der Waals surface area contributed by atoms with Crippen LogP contribution in [0.3, 0.4) is 0 Å². The Morgan fingerprint density at radius 1 is 1.17 bits per heavy atom. The van der Waals surface area contributed by atoms with Crippen LogP contribution in [0.4, 0.5) is 5.69 Å². The quantitative estimate of drug-likeness (QED) is 0.889. The molecule has 2 aliphatic heterocycles. The summed E-state index contributed by atoms with van der Waals surface area (Å²) in [6.07, 6.45) is 6.80. The monoisotopic (exact) mass is 331 g/mol. The van der Waals surface area contributed by atoms with Crippen LogP contribution in [0.15, 0.2) is 18.2 Å². The van der Waals surface area contributed by atoms with E-state index in [4.69, 9.17) is 9.47 Å². The van der Waals surface area contributed by atoms with Gasteiger partial charge < -0.3 is 19.7 Å². The molecule has 0 spiro atoms. The van der Waals surface area contributed by atoms with Crippen LogP contribution in [0.25, 0.3) is 0 Å². The van der Waals surface area contributed by atoms with Gasteiger partial charge in [-0.05, 0) is 44.2 Å². The summed E-state index contributed by atoms with van der Waals surface area (Å²) in [4.78, 5) is 14.1. The summed E-state index contributed by atoms with van der Waals surface area (Å²) in [5.41, 5.74) is 0.781. The standard InChI is InChI=1S/C19H26N2O3/c1-13(21-9-8-14-4-2-3-5-15(14)11-21)19(22)20-16-6-7-17-18(10-16)24-12-23-17/h6-7,10,13-15H,2-5,8-9,11-12H2,1H3,(H,20,22)/p+1/t13-,14-,15+/m0/s1. The van der Waals surface area contributed by atoms with E-state index >= 15 is 0 Å².